The van der Waals surface area contributed by atoms with Crippen molar-refractivity contribution in [2.24, 2.45) is 0 Å². The summed E-state index contributed by atoms with van der Waals surface area (Å²) < 4.78 is 25.4. The molecule has 0 aromatic heterocycles. The third-order valence-electron chi connectivity index (χ3n) is 4.61. The van der Waals surface area contributed by atoms with Gasteiger partial charge in [0.05, 0.1) is 0 Å². The Bertz CT molecular complexity index is 785. The number of hydrogen-bond donors (Lipinski definition) is 0. The van der Waals surface area contributed by atoms with Crippen LogP contribution in [-0.4, -0.2) is 45.5 Å². The third-order valence-corrected chi connectivity index (χ3v) is 4.61. The summed E-state index contributed by atoms with van der Waals surface area (Å²) in [7, 11) is 0. The Hall–Kier alpha value is -0.827. The van der Waals surface area contributed by atoms with Crippen molar-refractivity contribution in [2.45, 2.75) is 77.2 Å². The van der Waals surface area contributed by atoms with Crippen molar-refractivity contribution in [1.29, 1.82) is 0 Å². The van der Waals surface area contributed by atoms with Crippen LogP contribution in [0, 0.1) is 12.2 Å². The Balaban J connectivity index is 0.00000300. The molecule has 2 fully saturated rings. The van der Waals surface area contributed by atoms with Gasteiger partial charge in [-0.2, -0.15) is 19.8 Å². The second-order valence-corrected chi connectivity index (χ2v) is 9.26. The fourth-order valence-corrected chi connectivity index (χ4v) is 3.71. The molecule has 31 heavy (non-hydrogen) atoms. The Morgan fingerprint density at radius 3 is 1.94 bits per heavy atom. The van der Waals surface area contributed by atoms with Crippen LogP contribution in [0.5, 0.6) is 0 Å². The van der Waals surface area contributed by atoms with Gasteiger partial charge in [-0.15, -0.1) is 5.92 Å². The van der Waals surface area contributed by atoms with Crippen LogP contribution in [0.4, 0.5) is 14.0 Å². The molecule has 1 aliphatic heterocycles. The largest absolute Gasteiger partial charge is 0.443 e. The maximum absolute atomic E-state index is 14.4. The van der Waals surface area contributed by atoms with E-state index in [1.165, 1.54) is 16.1 Å². The monoisotopic (exact) mass is 562 g/mol. The number of hydrazine groups is 1. The van der Waals surface area contributed by atoms with Crippen LogP contribution >= 0.6 is 19.8 Å². The topological polar surface area (TPSA) is 59.1 Å². The SMILES string of the molecule is CC(C)(C)OC(=O)N1C2[CH-]C(c3ccccc3F)C(C2)N1C(=O)OC(C)(C)C.P.P.[Rh]. The molecule has 0 N–H and O–H groups in total. The second-order valence-electron chi connectivity index (χ2n) is 9.26. The van der Waals surface area contributed by atoms with E-state index in [-0.39, 0.29) is 57.1 Å². The molecule has 1 aromatic rings. The molecule has 1 aromatic carbocycles. The summed E-state index contributed by atoms with van der Waals surface area (Å²) >= 11 is 0. The zero-order chi connectivity index (χ0) is 20.9. The molecule has 1 heterocycles. The predicted molar refractivity (Wildman–Crippen MR) is 124 cm³/mol. The summed E-state index contributed by atoms with van der Waals surface area (Å²) in [5, 5.41) is 2.61. The fourth-order valence-electron chi connectivity index (χ4n) is 3.71. The molecule has 5 atom stereocenters. The van der Waals surface area contributed by atoms with Gasteiger partial charge in [0.15, 0.2) is 0 Å². The third kappa shape index (κ3) is 6.83. The van der Waals surface area contributed by atoms with Gasteiger partial charge in [0, 0.05) is 25.5 Å². The van der Waals surface area contributed by atoms with Gasteiger partial charge in [-0.05, 0) is 59.6 Å². The Labute approximate surface area is 203 Å². The minimum atomic E-state index is -0.726. The number of carbonyl (C=O) groups is 2. The smallest absolute Gasteiger partial charge is 0.429 e. The number of fused-ring (bicyclic) bond motifs is 2. The first-order valence-electron chi connectivity index (χ1n) is 9.51. The van der Waals surface area contributed by atoms with Crippen LogP contribution in [0.15, 0.2) is 24.3 Å². The quantitative estimate of drug-likeness (QED) is 0.281. The zero-order valence-electron chi connectivity index (χ0n) is 19.0. The van der Waals surface area contributed by atoms with Crippen LogP contribution in [0.25, 0.3) is 0 Å². The summed E-state index contributed by atoms with van der Waals surface area (Å²) in [6.07, 6.45) is 1.17. The minimum Gasteiger partial charge on any atom is -0.443 e. The number of rotatable bonds is 1. The number of halogens is 1. The summed E-state index contributed by atoms with van der Waals surface area (Å²) in [4.78, 5) is 25.7. The maximum Gasteiger partial charge on any atom is 0.429 e. The van der Waals surface area contributed by atoms with Crippen LogP contribution in [0.2, 0.25) is 0 Å². The van der Waals surface area contributed by atoms with Gasteiger partial charge in [-0.3, -0.25) is 6.42 Å². The standard InChI is InChI=1S/C21H28FN2O4.2H3P.Rh/c1-20(2,3)27-18(25)23-13-11-15(14-9-7-8-10-16(14)22)17(12-13)24(23)19(26)28-21(4,5)6;;;/h7-11,13,15,17H,12H2,1-6H3;2*1H3;/q-1;;;. The average molecular weight is 562 g/mol. The Morgan fingerprint density at radius 2 is 1.45 bits per heavy atom. The van der Waals surface area contributed by atoms with Gasteiger partial charge in [-0.1, -0.05) is 24.2 Å². The molecule has 2 bridgehead atoms. The maximum atomic E-state index is 14.4. The van der Waals surface area contributed by atoms with Gasteiger partial charge in [0.25, 0.3) is 0 Å². The van der Waals surface area contributed by atoms with Gasteiger partial charge in [0.2, 0.25) is 0 Å². The molecule has 10 heteroatoms. The molecular formula is C21H34FN2O4P2Rh-. The van der Waals surface area contributed by atoms with Crippen LogP contribution in [0.1, 0.15) is 59.4 Å². The molecule has 1 aliphatic carbocycles. The molecular weight excluding hydrogens is 528 g/mol. The van der Waals surface area contributed by atoms with Crippen LogP contribution in [-0.2, 0) is 29.0 Å². The van der Waals surface area contributed by atoms with Crippen molar-refractivity contribution in [1.82, 2.24) is 10.0 Å². The molecule has 6 nitrogen and oxygen atoms in total. The second kappa shape index (κ2) is 10.9. The molecule has 2 aliphatic rings. The number of carbonyl (C=O) groups excluding carboxylic acids is 2. The van der Waals surface area contributed by atoms with E-state index < -0.39 is 29.4 Å². The van der Waals surface area contributed by atoms with Gasteiger partial charge in [0.1, 0.15) is 17.0 Å². The molecule has 5 unspecified atom stereocenters. The van der Waals surface area contributed by atoms with E-state index in [0.29, 0.717) is 12.0 Å². The van der Waals surface area contributed by atoms with Crippen molar-refractivity contribution in [3.63, 3.8) is 0 Å². The van der Waals surface area contributed by atoms with Gasteiger partial charge in [-0.25, -0.2) is 24.0 Å². The average Bonchev–Trinajstić information content (AvgIpc) is 3.10. The van der Waals surface area contributed by atoms with Crippen molar-refractivity contribution < 1.29 is 42.9 Å². The van der Waals surface area contributed by atoms with Crippen molar-refractivity contribution in [3.8, 4) is 0 Å². The first kappa shape index (κ1) is 30.2. The van der Waals surface area contributed by atoms with Crippen molar-refractivity contribution >= 4 is 32.0 Å². The zero-order valence-corrected chi connectivity index (χ0v) is 23.4. The van der Waals surface area contributed by atoms with Crippen molar-refractivity contribution in [3.05, 3.63) is 42.1 Å². The molecule has 179 valence electrons. The van der Waals surface area contributed by atoms with E-state index in [9.17, 15) is 14.0 Å². The van der Waals surface area contributed by atoms with E-state index in [2.05, 4.69) is 0 Å². The van der Waals surface area contributed by atoms with Crippen LogP contribution in [0.3, 0.4) is 0 Å². The summed E-state index contributed by atoms with van der Waals surface area (Å²) in [5.41, 5.74) is -0.925. The summed E-state index contributed by atoms with van der Waals surface area (Å²) in [5.74, 6) is -0.651. The van der Waals surface area contributed by atoms with E-state index in [1.54, 1.807) is 59.7 Å². The molecule has 1 saturated carbocycles. The predicted octanol–water partition coefficient (Wildman–Crippen LogP) is 4.77. The van der Waals surface area contributed by atoms with Crippen LogP contribution < -0.4 is 0 Å². The molecule has 2 amide bonds. The Kier molecular flexibility index (Phi) is 10.6. The fraction of sp³-hybridized carbons (Fsp3) is 0.571. The molecule has 3 rings (SSSR count). The number of ether oxygens (including phenoxy) is 2. The Morgan fingerprint density at radius 1 is 0.968 bits per heavy atom. The normalized spacial score (nSPS) is 22.1. The van der Waals surface area contributed by atoms with E-state index >= 15 is 0 Å². The number of hydrogen-bond acceptors (Lipinski definition) is 4. The first-order valence-corrected chi connectivity index (χ1v) is 9.51. The number of nitrogens with zero attached hydrogens (tertiary/aromatic N) is 2. The summed E-state index contributed by atoms with van der Waals surface area (Å²) in [6, 6.07) is 5.73. The van der Waals surface area contributed by atoms with E-state index in [0.717, 1.165) is 0 Å². The van der Waals surface area contributed by atoms with Gasteiger partial charge < -0.3 is 9.47 Å². The molecule has 0 spiro atoms. The van der Waals surface area contributed by atoms with E-state index in [4.69, 9.17) is 9.47 Å². The molecule has 1 saturated heterocycles. The van der Waals surface area contributed by atoms with E-state index in [1.807, 2.05) is 6.42 Å². The minimum absolute atomic E-state index is 0. The van der Waals surface area contributed by atoms with Gasteiger partial charge >= 0.3 is 12.2 Å². The first-order chi connectivity index (χ1) is 12.9. The number of amides is 2. The number of benzene rings is 1. The van der Waals surface area contributed by atoms with Crippen molar-refractivity contribution in [2.75, 3.05) is 0 Å². The molecule has 1 radical (unpaired) electrons. The summed E-state index contributed by atoms with van der Waals surface area (Å²) in [6.45, 7) is 10.6.